The molecule has 3 rings (SSSR count). The molecule has 0 spiro atoms. The summed E-state index contributed by atoms with van der Waals surface area (Å²) in [5, 5.41) is 10.4. The monoisotopic (exact) mass is 261 g/mol. The third-order valence-electron chi connectivity index (χ3n) is 4.77. The number of ether oxygens (including phenoxy) is 1. The first-order valence-corrected chi connectivity index (χ1v) is 7.30. The van der Waals surface area contributed by atoms with Gasteiger partial charge in [-0.2, -0.15) is 0 Å². The van der Waals surface area contributed by atoms with Gasteiger partial charge in [0.2, 0.25) is 0 Å². The zero-order valence-electron chi connectivity index (χ0n) is 11.6. The second-order valence-electron chi connectivity index (χ2n) is 5.96. The van der Waals surface area contributed by atoms with Crippen molar-refractivity contribution in [3.05, 3.63) is 35.9 Å². The highest BCUT2D eigenvalue weighted by Gasteiger charge is 2.49. The first-order valence-electron chi connectivity index (χ1n) is 7.30. The second-order valence-corrected chi connectivity index (χ2v) is 5.96. The van der Waals surface area contributed by atoms with Gasteiger partial charge in [0.1, 0.15) is 5.60 Å². The van der Waals surface area contributed by atoms with E-state index < -0.39 is 5.60 Å². The van der Waals surface area contributed by atoms with Crippen LogP contribution in [0.4, 0.5) is 0 Å². The van der Waals surface area contributed by atoms with E-state index in [9.17, 15) is 5.11 Å². The van der Waals surface area contributed by atoms with E-state index in [1.807, 2.05) is 18.2 Å². The average molecular weight is 261 g/mol. The molecular formula is C16H23NO2. The largest absolute Gasteiger partial charge is 0.390 e. The molecule has 3 heteroatoms. The molecule has 1 N–H and O–H groups in total. The van der Waals surface area contributed by atoms with Crippen molar-refractivity contribution >= 4 is 0 Å². The lowest BCUT2D eigenvalue weighted by atomic mass is 9.83. The highest BCUT2D eigenvalue weighted by atomic mass is 16.5. The van der Waals surface area contributed by atoms with E-state index >= 15 is 0 Å². The van der Waals surface area contributed by atoms with Crippen molar-refractivity contribution in [2.24, 2.45) is 0 Å². The van der Waals surface area contributed by atoms with Gasteiger partial charge in [-0.3, -0.25) is 4.90 Å². The van der Waals surface area contributed by atoms with E-state index in [0.717, 1.165) is 25.9 Å². The van der Waals surface area contributed by atoms with Crippen LogP contribution in [0.1, 0.15) is 31.7 Å². The van der Waals surface area contributed by atoms with Gasteiger partial charge < -0.3 is 9.84 Å². The molecular weight excluding hydrogens is 238 g/mol. The average Bonchev–Trinajstić information content (AvgIpc) is 2.92. The minimum atomic E-state index is -0.426. The third-order valence-corrected chi connectivity index (χ3v) is 4.77. The second kappa shape index (κ2) is 5.23. The Balaban J connectivity index is 1.72. The van der Waals surface area contributed by atoms with E-state index in [1.54, 1.807) is 0 Å². The maximum Gasteiger partial charge on any atom is 0.107 e. The summed E-state index contributed by atoms with van der Waals surface area (Å²) >= 11 is 0. The predicted octanol–water partition coefficient (Wildman–Crippen LogP) is 2.19. The number of nitrogens with zero attached hydrogens (tertiary/aromatic N) is 1. The van der Waals surface area contributed by atoms with Gasteiger partial charge >= 0.3 is 0 Å². The zero-order chi connectivity index (χ0) is 13.3. The van der Waals surface area contributed by atoms with Gasteiger partial charge in [0.15, 0.2) is 0 Å². The first-order chi connectivity index (χ1) is 9.20. The summed E-state index contributed by atoms with van der Waals surface area (Å²) in [5.41, 5.74) is 0.746. The van der Waals surface area contributed by atoms with Crippen molar-refractivity contribution < 1.29 is 9.84 Å². The zero-order valence-corrected chi connectivity index (χ0v) is 11.6. The number of fused-ring (bicyclic) bond motifs is 1. The van der Waals surface area contributed by atoms with Crippen molar-refractivity contribution in [2.45, 2.75) is 50.5 Å². The van der Waals surface area contributed by atoms with E-state index in [-0.39, 0.29) is 6.10 Å². The number of aliphatic hydroxyl groups is 1. The van der Waals surface area contributed by atoms with Gasteiger partial charge in [0, 0.05) is 12.6 Å². The fourth-order valence-corrected chi connectivity index (χ4v) is 3.55. The van der Waals surface area contributed by atoms with Crippen LogP contribution in [0.2, 0.25) is 0 Å². The lowest BCUT2D eigenvalue weighted by Crippen LogP contribution is -2.61. The molecule has 2 heterocycles. The Morgan fingerprint density at radius 3 is 2.84 bits per heavy atom. The van der Waals surface area contributed by atoms with Crippen molar-refractivity contribution in [3.63, 3.8) is 0 Å². The molecule has 2 fully saturated rings. The molecule has 19 heavy (non-hydrogen) atoms. The molecule has 0 amide bonds. The van der Waals surface area contributed by atoms with Crippen LogP contribution >= 0.6 is 0 Å². The Morgan fingerprint density at radius 2 is 2.05 bits per heavy atom. The van der Waals surface area contributed by atoms with Crippen LogP contribution in [0.5, 0.6) is 0 Å². The van der Waals surface area contributed by atoms with Gasteiger partial charge in [-0.25, -0.2) is 0 Å². The molecule has 1 aromatic rings. The van der Waals surface area contributed by atoms with Crippen molar-refractivity contribution in [2.75, 3.05) is 13.1 Å². The van der Waals surface area contributed by atoms with Crippen LogP contribution in [0.15, 0.2) is 30.3 Å². The van der Waals surface area contributed by atoms with Crippen LogP contribution in [-0.4, -0.2) is 40.8 Å². The molecule has 1 aromatic carbocycles. The summed E-state index contributed by atoms with van der Waals surface area (Å²) in [6.07, 6.45) is 2.83. The first kappa shape index (κ1) is 13.1. The number of aliphatic hydroxyl groups excluding tert-OH is 1. The van der Waals surface area contributed by atoms with Crippen LogP contribution in [-0.2, 0) is 11.3 Å². The molecule has 3 atom stereocenters. The number of hydrogen-bond donors (Lipinski definition) is 1. The van der Waals surface area contributed by atoms with Crippen LogP contribution in [0.25, 0.3) is 0 Å². The minimum Gasteiger partial charge on any atom is -0.390 e. The lowest BCUT2D eigenvalue weighted by Gasteiger charge is -2.47. The number of rotatable bonds is 3. The number of benzene rings is 1. The smallest absolute Gasteiger partial charge is 0.107 e. The van der Waals surface area contributed by atoms with E-state index in [4.69, 9.17) is 4.74 Å². The van der Waals surface area contributed by atoms with E-state index in [0.29, 0.717) is 12.6 Å². The van der Waals surface area contributed by atoms with Gasteiger partial charge in [0.25, 0.3) is 0 Å². The third kappa shape index (κ3) is 2.42. The maximum atomic E-state index is 10.4. The molecule has 0 aliphatic carbocycles. The van der Waals surface area contributed by atoms with Gasteiger partial charge in [-0.05, 0) is 38.3 Å². The molecule has 0 aromatic heterocycles. The van der Waals surface area contributed by atoms with Crippen molar-refractivity contribution in [3.8, 4) is 0 Å². The summed E-state index contributed by atoms with van der Waals surface area (Å²) in [4.78, 5) is 2.48. The Bertz CT molecular complexity index is 422. The number of hydrogen-bond acceptors (Lipinski definition) is 3. The normalized spacial score (nSPS) is 35.3. The van der Waals surface area contributed by atoms with Gasteiger partial charge in [0.05, 0.1) is 12.7 Å². The Morgan fingerprint density at radius 1 is 1.26 bits per heavy atom. The quantitative estimate of drug-likeness (QED) is 0.905. The fraction of sp³-hybridized carbons (Fsp3) is 0.625. The minimum absolute atomic E-state index is 0.351. The summed E-state index contributed by atoms with van der Waals surface area (Å²) in [5.74, 6) is 0. The standard InChI is InChI=1S/C16H23NO2/c1-16(19-12-13-6-3-2-4-7-13)14-8-5-10-17(14)11-9-15(16)18/h2-4,6-7,14-15,18H,5,8-12H2,1H3/t14-,15-,16+/m0/s1. The van der Waals surface area contributed by atoms with Gasteiger partial charge in [-0.15, -0.1) is 0 Å². The van der Waals surface area contributed by atoms with Gasteiger partial charge in [-0.1, -0.05) is 30.3 Å². The van der Waals surface area contributed by atoms with Crippen LogP contribution in [0, 0.1) is 0 Å². The van der Waals surface area contributed by atoms with Crippen LogP contribution in [0.3, 0.4) is 0 Å². The van der Waals surface area contributed by atoms with Crippen molar-refractivity contribution in [1.29, 1.82) is 0 Å². The summed E-state index contributed by atoms with van der Waals surface area (Å²) in [6.45, 7) is 4.83. The Hall–Kier alpha value is -0.900. The molecule has 2 aliphatic heterocycles. The fourth-order valence-electron chi connectivity index (χ4n) is 3.55. The molecule has 3 nitrogen and oxygen atoms in total. The topological polar surface area (TPSA) is 32.7 Å². The highest BCUT2D eigenvalue weighted by molar-refractivity contribution is 5.14. The molecule has 0 unspecified atom stereocenters. The molecule has 0 radical (unpaired) electrons. The predicted molar refractivity (Wildman–Crippen MR) is 74.9 cm³/mol. The molecule has 2 saturated heterocycles. The van der Waals surface area contributed by atoms with E-state index in [1.165, 1.54) is 12.0 Å². The van der Waals surface area contributed by atoms with E-state index in [2.05, 4.69) is 24.0 Å². The van der Waals surface area contributed by atoms with Crippen LogP contribution < -0.4 is 0 Å². The Kier molecular flexibility index (Phi) is 3.61. The lowest BCUT2D eigenvalue weighted by molar-refractivity contribution is -0.177. The SMILES string of the molecule is C[C@@]1(OCc2ccccc2)[C@@H]2CCCN2CC[C@@H]1O. The maximum absolute atomic E-state index is 10.4. The molecule has 0 saturated carbocycles. The summed E-state index contributed by atoms with van der Waals surface area (Å²) < 4.78 is 6.19. The molecule has 0 bridgehead atoms. The number of piperidine rings is 1. The van der Waals surface area contributed by atoms with Crippen molar-refractivity contribution in [1.82, 2.24) is 4.90 Å². The highest BCUT2D eigenvalue weighted by Crippen LogP contribution is 2.38. The molecule has 104 valence electrons. The summed E-state index contributed by atoms with van der Waals surface area (Å²) in [7, 11) is 0. The Labute approximate surface area is 115 Å². The molecule has 2 aliphatic rings. The summed E-state index contributed by atoms with van der Waals surface area (Å²) in [6, 6.07) is 10.6.